The molecule has 0 unspecified atom stereocenters. The lowest BCUT2D eigenvalue weighted by Crippen LogP contribution is -2.46. The van der Waals surface area contributed by atoms with Crippen molar-refractivity contribution in [2.45, 2.75) is 19.3 Å². The second-order valence-corrected chi connectivity index (χ2v) is 6.99. The van der Waals surface area contributed by atoms with Crippen LogP contribution in [0.25, 0.3) is 0 Å². The summed E-state index contributed by atoms with van der Waals surface area (Å²) in [4.78, 5) is 30.2. The van der Waals surface area contributed by atoms with E-state index in [4.69, 9.17) is 0 Å². The summed E-state index contributed by atoms with van der Waals surface area (Å²) in [7, 11) is 0. The zero-order valence-electron chi connectivity index (χ0n) is 15.7. The van der Waals surface area contributed by atoms with Crippen molar-refractivity contribution in [1.82, 2.24) is 20.5 Å². The Kier molecular flexibility index (Phi) is 6.94. The third-order valence-corrected chi connectivity index (χ3v) is 4.94. The van der Waals surface area contributed by atoms with E-state index in [9.17, 15) is 14.0 Å². The van der Waals surface area contributed by atoms with Crippen LogP contribution in [-0.2, 0) is 6.42 Å². The van der Waals surface area contributed by atoms with Gasteiger partial charge in [-0.05, 0) is 61.1 Å². The standard InChI is InChI=1S/C21H25FN4O2/c22-19-5-3-18(4-6-19)20(27)24-10-11-25-21(28)26-12-7-16(8-13-26)14-17-2-1-9-23-15-17/h1-6,9,15-16H,7-8,10-14H2,(H,24,27)(H,25,28). The fraction of sp³-hybridized carbons (Fsp3) is 0.381. The number of nitrogens with one attached hydrogen (secondary N) is 2. The second-order valence-electron chi connectivity index (χ2n) is 6.99. The van der Waals surface area contributed by atoms with Gasteiger partial charge >= 0.3 is 6.03 Å². The zero-order chi connectivity index (χ0) is 19.8. The topological polar surface area (TPSA) is 74.3 Å². The van der Waals surface area contributed by atoms with Gasteiger partial charge in [-0.3, -0.25) is 9.78 Å². The molecule has 1 aromatic heterocycles. The Labute approximate surface area is 164 Å². The van der Waals surface area contributed by atoms with Crippen LogP contribution in [-0.4, -0.2) is 48.0 Å². The predicted octanol–water partition coefficient (Wildman–Crippen LogP) is 2.61. The van der Waals surface area contributed by atoms with Crippen LogP contribution in [0.1, 0.15) is 28.8 Å². The molecule has 0 atom stereocenters. The maximum Gasteiger partial charge on any atom is 0.317 e. The number of urea groups is 1. The molecule has 1 aliphatic heterocycles. The molecule has 1 aliphatic rings. The van der Waals surface area contributed by atoms with Crippen molar-refractivity contribution in [3.8, 4) is 0 Å². The summed E-state index contributed by atoms with van der Waals surface area (Å²) < 4.78 is 12.9. The van der Waals surface area contributed by atoms with Crippen molar-refractivity contribution in [3.05, 3.63) is 65.7 Å². The lowest BCUT2D eigenvalue weighted by Gasteiger charge is -2.32. The molecule has 0 aliphatic carbocycles. The average Bonchev–Trinajstić information content (AvgIpc) is 2.72. The molecule has 3 rings (SSSR count). The minimum absolute atomic E-state index is 0.101. The van der Waals surface area contributed by atoms with Crippen LogP contribution in [0.3, 0.4) is 0 Å². The van der Waals surface area contributed by atoms with Crippen LogP contribution in [0.5, 0.6) is 0 Å². The fourth-order valence-electron chi connectivity index (χ4n) is 3.35. The van der Waals surface area contributed by atoms with Gasteiger partial charge in [0.05, 0.1) is 0 Å². The van der Waals surface area contributed by atoms with Gasteiger partial charge in [-0.15, -0.1) is 0 Å². The minimum Gasteiger partial charge on any atom is -0.350 e. The first-order chi connectivity index (χ1) is 13.6. The van der Waals surface area contributed by atoms with Gasteiger partial charge in [-0.25, -0.2) is 9.18 Å². The average molecular weight is 384 g/mol. The third kappa shape index (κ3) is 5.77. The molecule has 1 fully saturated rings. The Morgan fingerprint density at radius 2 is 1.79 bits per heavy atom. The molecule has 28 heavy (non-hydrogen) atoms. The lowest BCUT2D eigenvalue weighted by molar-refractivity contribution is 0.0953. The Hall–Kier alpha value is -2.96. The molecule has 6 nitrogen and oxygen atoms in total. The summed E-state index contributed by atoms with van der Waals surface area (Å²) in [6, 6.07) is 9.29. The Balaban J connectivity index is 1.32. The van der Waals surface area contributed by atoms with Crippen LogP contribution < -0.4 is 10.6 Å². The van der Waals surface area contributed by atoms with Crippen LogP contribution in [0, 0.1) is 11.7 Å². The largest absolute Gasteiger partial charge is 0.350 e. The SMILES string of the molecule is O=C(NCCNC(=O)N1CCC(Cc2cccnc2)CC1)c1ccc(F)cc1. The summed E-state index contributed by atoms with van der Waals surface area (Å²) in [6.45, 7) is 2.14. The van der Waals surface area contributed by atoms with E-state index in [-0.39, 0.29) is 17.8 Å². The molecule has 1 saturated heterocycles. The number of amides is 3. The molecule has 2 aromatic rings. The molecular weight excluding hydrogens is 359 g/mol. The van der Waals surface area contributed by atoms with Gasteiger partial charge in [0.25, 0.3) is 5.91 Å². The highest BCUT2D eigenvalue weighted by Gasteiger charge is 2.22. The first-order valence-electron chi connectivity index (χ1n) is 9.57. The van der Waals surface area contributed by atoms with Gasteiger partial charge in [0.2, 0.25) is 0 Å². The van der Waals surface area contributed by atoms with E-state index in [1.165, 1.54) is 29.8 Å². The van der Waals surface area contributed by atoms with E-state index in [0.29, 0.717) is 24.6 Å². The number of pyridine rings is 1. The van der Waals surface area contributed by atoms with Crippen LogP contribution in [0.4, 0.5) is 9.18 Å². The lowest BCUT2D eigenvalue weighted by atomic mass is 9.91. The van der Waals surface area contributed by atoms with Gasteiger partial charge in [0.15, 0.2) is 0 Å². The van der Waals surface area contributed by atoms with Crippen molar-refractivity contribution in [1.29, 1.82) is 0 Å². The quantitative estimate of drug-likeness (QED) is 0.752. The highest BCUT2D eigenvalue weighted by molar-refractivity contribution is 5.94. The summed E-state index contributed by atoms with van der Waals surface area (Å²) >= 11 is 0. The highest BCUT2D eigenvalue weighted by atomic mass is 19.1. The molecule has 3 amide bonds. The Morgan fingerprint density at radius 3 is 2.46 bits per heavy atom. The van der Waals surface area contributed by atoms with E-state index in [1.807, 2.05) is 17.2 Å². The number of benzene rings is 1. The van der Waals surface area contributed by atoms with E-state index in [2.05, 4.69) is 21.7 Å². The van der Waals surface area contributed by atoms with Gasteiger partial charge in [0.1, 0.15) is 5.82 Å². The Bertz CT molecular complexity index is 775. The van der Waals surface area contributed by atoms with Gasteiger partial charge in [-0.2, -0.15) is 0 Å². The molecule has 0 radical (unpaired) electrons. The number of halogens is 1. The highest BCUT2D eigenvalue weighted by Crippen LogP contribution is 2.21. The molecule has 2 N–H and O–H groups in total. The van der Waals surface area contributed by atoms with Crippen LogP contribution in [0.15, 0.2) is 48.8 Å². The summed E-state index contributed by atoms with van der Waals surface area (Å²) in [5.41, 5.74) is 1.63. The van der Waals surface area contributed by atoms with Crippen molar-refractivity contribution in [2.75, 3.05) is 26.2 Å². The predicted molar refractivity (Wildman–Crippen MR) is 104 cm³/mol. The fourth-order valence-corrected chi connectivity index (χ4v) is 3.35. The smallest absolute Gasteiger partial charge is 0.317 e. The van der Waals surface area contributed by atoms with E-state index >= 15 is 0 Å². The normalized spacial score (nSPS) is 14.5. The van der Waals surface area contributed by atoms with Gasteiger partial charge in [-0.1, -0.05) is 6.07 Å². The first kappa shape index (κ1) is 19.8. The molecule has 1 aromatic carbocycles. The zero-order valence-corrected chi connectivity index (χ0v) is 15.7. The molecule has 0 bridgehead atoms. The van der Waals surface area contributed by atoms with Crippen molar-refractivity contribution in [2.24, 2.45) is 5.92 Å². The van der Waals surface area contributed by atoms with Crippen LogP contribution in [0.2, 0.25) is 0 Å². The molecular formula is C21H25FN4O2. The van der Waals surface area contributed by atoms with Crippen molar-refractivity contribution >= 4 is 11.9 Å². The molecule has 0 spiro atoms. The van der Waals surface area contributed by atoms with Crippen LogP contribution >= 0.6 is 0 Å². The number of hydrogen-bond acceptors (Lipinski definition) is 3. The number of carbonyl (C=O) groups is 2. The molecule has 148 valence electrons. The monoisotopic (exact) mass is 384 g/mol. The second kappa shape index (κ2) is 9.82. The number of carbonyl (C=O) groups excluding carboxylic acids is 2. The van der Waals surface area contributed by atoms with E-state index in [1.54, 1.807) is 6.20 Å². The Morgan fingerprint density at radius 1 is 1.07 bits per heavy atom. The summed E-state index contributed by atoms with van der Waals surface area (Å²) in [5, 5.41) is 5.55. The maximum atomic E-state index is 12.9. The third-order valence-electron chi connectivity index (χ3n) is 4.94. The minimum atomic E-state index is -0.381. The molecule has 0 saturated carbocycles. The number of aromatic nitrogens is 1. The number of rotatable bonds is 6. The van der Waals surface area contributed by atoms with Gasteiger partial charge < -0.3 is 15.5 Å². The first-order valence-corrected chi connectivity index (χ1v) is 9.57. The summed E-state index contributed by atoms with van der Waals surface area (Å²) in [6.07, 6.45) is 6.63. The molecule has 7 heteroatoms. The number of piperidine rings is 1. The van der Waals surface area contributed by atoms with Crippen molar-refractivity contribution in [3.63, 3.8) is 0 Å². The number of nitrogens with zero attached hydrogens (tertiary/aromatic N) is 2. The van der Waals surface area contributed by atoms with Crippen molar-refractivity contribution < 1.29 is 14.0 Å². The van der Waals surface area contributed by atoms with Gasteiger partial charge in [0, 0.05) is 44.1 Å². The van der Waals surface area contributed by atoms with E-state index in [0.717, 1.165) is 32.4 Å². The summed E-state index contributed by atoms with van der Waals surface area (Å²) in [5.74, 6) is -0.0956. The molecule has 2 heterocycles. The number of likely N-dealkylation sites (tertiary alicyclic amines) is 1. The number of hydrogen-bond donors (Lipinski definition) is 2. The maximum absolute atomic E-state index is 12.9. The van der Waals surface area contributed by atoms with E-state index < -0.39 is 0 Å².